The van der Waals surface area contributed by atoms with Gasteiger partial charge in [0, 0.05) is 13.2 Å². The molecule has 2 aliphatic heterocycles. The highest BCUT2D eigenvalue weighted by molar-refractivity contribution is 5.84. The normalized spacial score (nSPS) is 26.8. The Morgan fingerprint density at radius 1 is 1.32 bits per heavy atom. The van der Waals surface area contributed by atoms with Crippen molar-refractivity contribution in [1.29, 1.82) is 0 Å². The molecule has 2 rings (SSSR count). The smallest absolute Gasteiger partial charge is 0.326 e. The van der Waals surface area contributed by atoms with E-state index in [1.54, 1.807) is 0 Å². The van der Waals surface area contributed by atoms with Crippen LogP contribution in [-0.2, 0) is 19.1 Å². The predicted molar refractivity (Wildman–Crippen MR) is 66.8 cm³/mol. The summed E-state index contributed by atoms with van der Waals surface area (Å²) in [5.74, 6) is -1.04. The Morgan fingerprint density at radius 2 is 2.16 bits per heavy atom. The Balaban J connectivity index is 1.64. The van der Waals surface area contributed by atoms with E-state index in [9.17, 15) is 9.59 Å². The van der Waals surface area contributed by atoms with Crippen LogP contribution in [0.3, 0.4) is 0 Å². The van der Waals surface area contributed by atoms with Crippen molar-refractivity contribution in [1.82, 2.24) is 4.90 Å². The SMILES string of the molecule is O=C(O)C1CCCN1C(=O)CCOCC1CCCO1. The number of ether oxygens (including phenoxy) is 2. The van der Waals surface area contributed by atoms with Crippen LogP contribution in [0.1, 0.15) is 32.1 Å². The van der Waals surface area contributed by atoms with Gasteiger partial charge < -0.3 is 19.5 Å². The van der Waals surface area contributed by atoms with Gasteiger partial charge in [-0.2, -0.15) is 0 Å². The Morgan fingerprint density at radius 3 is 2.84 bits per heavy atom. The monoisotopic (exact) mass is 271 g/mol. The first-order valence-corrected chi connectivity index (χ1v) is 6.90. The van der Waals surface area contributed by atoms with Gasteiger partial charge in [-0.1, -0.05) is 0 Å². The van der Waals surface area contributed by atoms with E-state index in [4.69, 9.17) is 14.6 Å². The van der Waals surface area contributed by atoms with E-state index in [0.29, 0.717) is 26.2 Å². The molecule has 2 saturated heterocycles. The average Bonchev–Trinajstić information content (AvgIpc) is 3.04. The number of hydrogen-bond acceptors (Lipinski definition) is 4. The fourth-order valence-corrected chi connectivity index (χ4v) is 2.62. The van der Waals surface area contributed by atoms with Crippen LogP contribution in [-0.4, -0.2) is 60.4 Å². The van der Waals surface area contributed by atoms with Crippen LogP contribution in [0, 0.1) is 0 Å². The first-order valence-electron chi connectivity index (χ1n) is 6.90. The summed E-state index contributed by atoms with van der Waals surface area (Å²) in [4.78, 5) is 24.3. The molecule has 6 nitrogen and oxygen atoms in total. The van der Waals surface area contributed by atoms with Crippen molar-refractivity contribution in [3.05, 3.63) is 0 Å². The third-order valence-electron chi connectivity index (χ3n) is 3.65. The summed E-state index contributed by atoms with van der Waals surface area (Å²) in [5, 5.41) is 9.01. The van der Waals surface area contributed by atoms with E-state index in [1.165, 1.54) is 4.90 Å². The highest BCUT2D eigenvalue weighted by Crippen LogP contribution is 2.18. The molecule has 2 unspecified atom stereocenters. The van der Waals surface area contributed by atoms with Gasteiger partial charge in [0.2, 0.25) is 5.91 Å². The number of likely N-dealkylation sites (tertiary alicyclic amines) is 1. The van der Waals surface area contributed by atoms with Gasteiger partial charge in [0.15, 0.2) is 0 Å². The second-order valence-corrected chi connectivity index (χ2v) is 5.04. The number of aliphatic carboxylic acids is 1. The zero-order chi connectivity index (χ0) is 13.7. The number of carbonyl (C=O) groups is 2. The van der Waals surface area contributed by atoms with Gasteiger partial charge >= 0.3 is 5.97 Å². The zero-order valence-electron chi connectivity index (χ0n) is 11.0. The summed E-state index contributed by atoms with van der Waals surface area (Å²) < 4.78 is 10.8. The summed E-state index contributed by atoms with van der Waals surface area (Å²) in [7, 11) is 0. The molecule has 0 aliphatic carbocycles. The topological polar surface area (TPSA) is 76.1 Å². The maximum Gasteiger partial charge on any atom is 0.326 e. The van der Waals surface area contributed by atoms with E-state index in [-0.39, 0.29) is 18.4 Å². The highest BCUT2D eigenvalue weighted by atomic mass is 16.5. The van der Waals surface area contributed by atoms with Crippen molar-refractivity contribution in [3.8, 4) is 0 Å². The molecule has 1 amide bonds. The molecule has 0 spiro atoms. The quantitative estimate of drug-likeness (QED) is 0.718. The summed E-state index contributed by atoms with van der Waals surface area (Å²) in [6, 6.07) is -0.648. The van der Waals surface area contributed by atoms with Crippen LogP contribution in [0.5, 0.6) is 0 Å². The fourth-order valence-electron chi connectivity index (χ4n) is 2.62. The predicted octanol–water partition coefficient (Wildman–Crippen LogP) is 0.648. The highest BCUT2D eigenvalue weighted by Gasteiger charge is 2.33. The molecule has 2 atom stereocenters. The van der Waals surface area contributed by atoms with E-state index in [1.807, 2.05) is 0 Å². The summed E-state index contributed by atoms with van der Waals surface area (Å²) in [6.07, 6.45) is 3.81. The second kappa shape index (κ2) is 6.86. The Labute approximate surface area is 112 Å². The van der Waals surface area contributed by atoms with Crippen molar-refractivity contribution in [2.24, 2.45) is 0 Å². The largest absolute Gasteiger partial charge is 0.480 e. The number of carboxylic acid groups (broad SMARTS) is 1. The lowest BCUT2D eigenvalue weighted by molar-refractivity contribution is -0.148. The Kier molecular flexibility index (Phi) is 5.15. The van der Waals surface area contributed by atoms with Crippen molar-refractivity contribution in [2.45, 2.75) is 44.2 Å². The lowest BCUT2D eigenvalue weighted by Crippen LogP contribution is -2.40. The molecule has 19 heavy (non-hydrogen) atoms. The van der Waals surface area contributed by atoms with E-state index in [2.05, 4.69) is 0 Å². The van der Waals surface area contributed by atoms with Crippen LogP contribution < -0.4 is 0 Å². The molecule has 2 fully saturated rings. The van der Waals surface area contributed by atoms with E-state index < -0.39 is 12.0 Å². The molecular weight excluding hydrogens is 250 g/mol. The minimum atomic E-state index is -0.911. The molecule has 6 heteroatoms. The number of carboxylic acids is 1. The minimum Gasteiger partial charge on any atom is -0.480 e. The summed E-state index contributed by atoms with van der Waals surface area (Å²) in [6.45, 7) is 2.19. The molecule has 2 heterocycles. The molecule has 0 radical (unpaired) electrons. The molecular formula is C13H21NO5. The van der Waals surface area contributed by atoms with Gasteiger partial charge in [-0.25, -0.2) is 4.79 Å². The van der Waals surface area contributed by atoms with Crippen molar-refractivity contribution in [2.75, 3.05) is 26.4 Å². The lowest BCUT2D eigenvalue weighted by Gasteiger charge is -2.21. The zero-order valence-corrected chi connectivity index (χ0v) is 11.0. The van der Waals surface area contributed by atoms with Crippen LogP contribution in [0.25, 0.3) is 0 Å². The molecule has 0 saturated carbocycles. The molecule has 1 N–H and O–H groups in total. The van der Waals surface area contributed by atoms with Gasteiger partial charge in [-0.15, -0.1) is 0 Å². The fraction of sp³-hybridized carbons (Fsp3) is 0.846. The molecule has 0 aromatic rings. The number of nitrogens with zero attached hydrogens (tertiary/aromatic N) is 1. The van der Waals surface area contributed by atoms with Crippen LogP contribution in [0.2, 0.25) is 0 Å². The standard InChI is InChI=1S/C13H21NO5/c15-12(14-6-1-4-11(14)13(16)17)5-8-18-9-10-3-2-7-19-10/h10-11H,1-9H2,(H,16,17). The van der Waals surface area contributed by atoms with Crippen LogP contribution in [0.15, 0.2) is 0 Å². The number of rotatable bonds is 6. The van der Waals surface area contributed by atoms with Crippen molar-refractivity contribution in [3.63, 3.8) is 0 Å². The minimum absolute atomic E-state index is 0.128. The summed E-state index contributed by atoms with van der Waals surface area (Å²) in [5.41, 5.74) is 0. The van der Waals surface area contributed by atoms with Gasteiger partial charge in [-0.05, 0) is 25.7 Å². The van der Waals surface area contributed by atoms with Gasteiger partial charge in [0.25, 0.3) is 0 Å². The first-order chi connectivity index (χ1) is 9.18. The van der Waals surface area contributed by atoms with Crippen LogP contribution in [0.4, 0.5) is 0 Å². The second-order valence-electron chi connectivity index (χ2n) is 5.04. The maximum absolute atomic E-state index is 11.9. The summed E-state index contributed by atoms with van der Waals surface area (Å²) >= 11 is 0. The number of hydrogen-bond donors (Lipinski definition) is 1. The van der Waals surface area contributed by atoms with Crippen LogP contribution >= 0.6 is 0 Å². The number of amides is 1. The number of carbonyl (C=O) groups excluding carboxylic acids is 1. The third-order valence-corrected chi connectivity index (χ3v) is 3.65. The Bertz CT molecular complexity index is 327. The first kappa shape index (κ1) is 14.3. The molecule has 0 aromatic carbocycles. The third kappa shape index (κ3) is 3.91. The lowest BCUT2D eigenvalue weighted by atomic mass is 10.2. The van der Waals surface area contributed by atoms with Gasteiger partial charge in [0.05, 0.1) is 25.7 Å². The molecule has 0 aromatic heterocycles. The van der Waals surface area contributed by atoms with E-state index in [0.717, 1.165) is 25.9 Å². The van der Waals surface area contributed by atoms with Crippen molar-refractivity contribution >= 4 is 11.9 Å². The van der Waals surface area contributed by atoms with Crippen molar-refractivity contribution < 1.29 is 24.2 Å². The molecule has 0 bridgehead atoms. The van der Waals surface area contributed by atoms with Gasteiger partial charge in [-0.3, -0.25) is 4.79 Å². The molecule has 108 valence electrons. The molecule has 2 aliphatic rings. The maximum atomic E-state index is 11.9. The van der Waals surface area contributed by atoms with E-state index >= 15 is 0 Å². The van der Waals surface area contributed by atoms with Gasteiger partial charge in [0.1, 0.15) is 6.04 Å². The Hall–Kier alpha value is -1.14. The average molecular weight is 271 g/mol.